The Morgan fingerprint density at radius 3 is 2.74 bits per heavy atom. The number of methoxy groups -OCH3 is 1. The number of anilines is 1. The molecule has 1 aliphatic heterocycles. The van der Waals surface area contributed by atoms with E-state index in [1.807, 2.05) is 0 Å². The molecule has 146 valence electrons. The molecule has 1 atom stereocenters. The predicted octanol–water partition coefficient (Wildman–Crippen LogP) is 3.52. The Balaban J connectivity index is 1.63. The number of piperazine rings is 1. The lowest BCUT2D eigenvalue weighted by atomic mass is 10.1. The average molecular weight is 409 g/mol. The number of ether oxygens (including phenoxy) is 1. The highest BCUT2D eigenvalue weighted by molar-refractivity contribution is 7.08. The van der Waals surface area contributed by atoms with Crippen LogP contribution < -0.4 is 15.4 Å². The van der Waals surface area contributed by atoms with Gasteiger partial charge in [0.15, 0.2) is 0 Å². The molecule has 6 nitrogen and oxygen atoms in total. The van der Waals surface area contributed by atoms with Gasteiger partial charge in [-0.3, -0.25) is 4.90 Å². The largest absolute Gasteiger partial charge is 0.495 e. The number of likely N-dealkylation sites (N-methyl/N-ethyl adjacent to an activating group) is 1. The maximum absolute atomic E-state index is 12.5. The van der Waals surface area contributed by atoms with Gasteiger partial charge in [0, 0.05) is 37.7 Å². The van der Waals surface area contributed by atoms with Crippen LogP contribution in [-0.4, -0.2) is 62.7 Å². The Labute approximate surface area is 169 Å². The van der Waals surface area contributed by atoms with E-state index < -0.39 is 0 Å². The van der Waals surface area contributed by atoms with Crippen molar-refractivity contribution < 1.29 is 9.53 Å². The van der Waals surface area contributed by atoms with Gasteiger partial charge in [0.2, 0.25) is 0 Å². The lowest BCUT2D eigenvalue weighted by Crippen LogP contribution is -2.48. The molecule has 27 heavy (non-hydrogen) atoms. The number of urea groups is 1. The number of nitrogens with one attached hydrogen (secondary N) is 2. The van der Waals surface area contributed by atoms with E-state index in [2.05, 4.69) is 44.3 Å². The van der Waals surface area contributed by atoms with Crippen LogP contribution in [0.3, 0.4) is 0 Å². The summed E-state index contributed by atoms with van der Waals surface area (Å²) in [6.07, 6.45) is 0. The number of amides is 2. The monoisotopic (exact) mass is 408 g/mol. The number of carbonyl (C=O) groups excluding carboxylic acids is 1. The van der Waals surface area contributed by atoms with Crippen LogP contribution in [-0.2, 0) is 0 Å². The van der Waals surface area contributed by atoms with E-state index in [1.54, 1.807) is 36.6 Å². The summed E-state index contributed by atoms with van der Waals surface area (Å²) in [6.45, 7) is 4.58. The third-order valence-corrected chi connectivity index (χ3v) is 5.71. The highest BCUT2D eigenvalue weighted by Crippen LogP contribution is 2.28. The first kappa shape index (κ1) is 19.9. The second kappa shape index (κ2) is 9.41. The fourth-order valence-corrected chi connectivity index (χ4v) is 4.07. The van der Waals surface area contributed by atoms with Crippen molar-refractivity contribution in [3.8, 4) is 5.75 Å². The second-order valence-electron chi connectivity index (χ2n) is 6.59. The van der Waals surface area contributed by atoms with Crippen LogP contribution in [0, 0.1) is 0 Å². The minimum Gasteiger partial charge on any atom is -0.495 e. The smallest absolute Gasteiger partial charge is 0.319 e. The highest BCUT2D eigenvalue weighted by Gasteiger charge is 2.24. The minimum atomic E-state index is -0.273. The topological polar surface area (TPSA) is 56.8 Å². The van der Waals surface area contributed by atoms with Crippen molar-refractivity contribution in [1.82, 2.24) is 15.1 Å². The van der Waals surface area contributed by atoms with Crippen molar-refractivity contribution in [2.45, 2.75) is 6.04 Å². The van der Waals surface area contributed by atoms with E-state index in [0.29, 0.717) is 23.0 Å². The lowest BCUT2D eigenvalue weighted by molar-refractivity contribution is 0.111. The van der Waals surface area contributed by atoms with E-state index in [0.717, 1.165) is 26.2 Å². The molecule has 2 heterocycles. The van der Waals surface area contributed by atoms with Crippen LogP contribution in [0.1, 0.15) is 11.6 Å². The molecule has 3 rings (SSSR count). The Kier molecular flexibility index (Phi) is 6.95. The van der Waals surface area contributed by atoms with Crippen LogP contribution in [0.25, 0.3) is 0 Å². The third-order valence-electron chi connectivity index (χ3n) is 4.77. The van der Waals surface area contributed by atoms with Gasteiger partial charge < -0.3 is 20.3 Å². The van der Waals surface area contributed by atoms with E-state index in [9.17, 15) is 4.79 Å². The second-order valence-corrected chi connectivity index (χ2v) is 7.81. The summed E-state index contributed by atoms with van der Waals surface area (Å²) in [7, 11) is 3.70. The van der Waals surface area contributed by atoms with Crippen LogP contribution in [0.5, 0.6) is 5.75 Å². The number of rotatable bonds is 6. The molecule has 2 amide bonds. The quantitative estimate of drug-likeness (QED) is 0.767. The number of carbonyl (C=O) groups is 1. The first-order valence-corrected chi connectivity index (χ1v) is 10.2. The van der Waals surface area contributed by atoms with Crippen molar-refractivity contribution in [2.24, 2.45) is 0 Å². The summed E-state index contributed by atoms with van der Waals surface area (Å²) in [5, 5.41) is 10.6. The van der Waals surface area contributed by atoms with E-state index in [-0.39, 0.29) is 12.1 Å². The molecule has 2 aromatic rings. The van der Waals surface area contributed by atoms with Crippen molar-refractivity contribution in [3.05, 3.63) is 45.6 Å². The molecule has 0 spiro atoms. The first-order chi connectivity index (χ1) is 13.1. The molecular weight excluding hydrogens is 384 g/mol. The molecule has 0 saturated carbocycles. The average Bonchev–Trinajstić information content (AvgIpc) is 3.18. The number of thiophene rings is 1. The van der Waals surface area contributed by atoms with Gasteiger partial charge in [-0.25, -0.2) is 4.79 Å². The van der Waals surface area contributed by atoms with Gasteiger partial charge >= 0.3 is 6.03 Å². The number of benzene rings is 1. The molecule has 1 fully saturated rings. The SMILES string of the molecule is COc1ccc(Cl)cc1NC(=O)NCC(c1ccsc1)N1CCN(C)CC1. The molecule has 0 bridgehead atoms. The van der Waals surface area contributed by atoms with Gasteiger partial charge in [0.25, 0.3) is 0 Å². The Hall–Kier alpha value is -1.80. The summed E-state index contributed by atoms with van der Waals surface area (Å²) in [5.74, 6) is 0.572. The van der Waals surface area contributed by atoms with Gasteiger partial charge in [-0.2, -0.15) is 11.3 Å². The Morgan fingerprint density at radius 1 is 1.30 bits per heavy atom. The molecule has 1 saturated heterocycles. The zero-order valence-corrected chi connectivity index (χ0v) is 17.1. The normalized spacial score (nSPS) is 16.7. The highest BCUT2D eigenvalue weighted by atomic mass is 35.5. The van der Waals surface area contributed by atoms with Crippen LogP contribution in [0.2, 0.25) is 5.02 Å². The standard InChI is InChI=1S/C19H25ClN4O2S/c1-23-6-8-24(9-7-23)17(14-5-10-27-13-14)12-21-19(25)22-16-11-15(20)3-4-18(16)26-2/h3-5,10-11,13,17H,6-9,12H2,1-2H3,(H2,21,22,25). The van der Waals surface area contributed by atoms with E-state index >= 15 is 0 Å². The van der Waals surface area contributed by atoms with E-state index in [1.165, 1.54) is 5.56 Å². The third kappa shape index (κ3) is 5.35. The van der Waals surface area contributed by atoms with Crippen LogP contribution in [0.4, 0.5) is 10.5 Å². The number of hydrogen-bond acceptors (Lipinski definition) is 5. The van der Waals surface area contributed by atoms with Gasteiger partial charge in [-0.15, -0.1) is 0 Å². The van der Waals surface area contributed by atoms with Crippen LogP contribution in [0.15, 0.2) is 35.0 Å². The maximum atomic E-state index is 12.5. The van der Waals surface area contributed by atoms with Crippen molar-refractivity contribution in [3.63, 3.8) is 0 Å². The van der Waals surface area contributed by atoms with Gasteiger partial charge in [-0.05, 0) is 47.6 Å². The number of nitrogens with zero attached hydrogens (tertiary/aromatic N) is 2. The summed E-state index contributed by atoms with van der Waals surface area (Å²) in [6, 6.07) is 7.16. The molecule has 0 aliphatic carbocycles. The van der Waals surface area contributed by atoms with E-state index in [4.69, 9.17) is 16.3 Å². The van der Waals surface area contributed by atoms with Crippen molar-refractivity contribution in [1.29, 1.82) is 0 Å². The fraction of sp³-hybridized carbons (Fsp3) is 0.421. The molecule has 1 unspecified atom stereocenters. The molecule has 1 aromatic heterocycles. The summed E-state index contributed by atoms with van der Waals surface area (Å²) in [5.41, 5.74) is 1.79. The molecule has 2 N–H and O–H groups in total. The van der Waals surface area contributed by atoms with Gasteiger partial charge in [0.05, 0.1) is 18.8 Å². The number of hydrogen-bond donors (Lipinski definition) is 2. The summed E-state index contributed by atoms with van der Waals surface area (Å²) in [4.78, 5) is 17.2. The predicted molar refractivity (Wildman–Crippen MR) is 111 cm³/mol. The molecule has 0 radical (unpaired) electrons. The Morgan fingerprint density at radius 2 is 2.07 bits per heavy atom. The Bertz CT molecular complexity index is 748. The lowest BCUT2D eigenvalue weighted by Gasteiger charge is -2.38. The van der Waals surface area contributed by atoms with Crippen molar-refractivity contribution in [2.75, 3.05) is 52.2 Å². The molecule has 1 aliphatic rings. The zero-order valence-electron chi connectivity index (χ0n) is 15.6. The van der Waals surface area contributed by atoms with Crippen LogP contribution >= 0.6 is 22.9 Å². The molecular formula is C19H25ClN4O2S. The van der Waals surface area contributed by atoms with Crippen molar-refractivity contribution >= 4 is 34.7 Å². The van der Waals surface area contributed by atoms with Gasteiger partial charge in [-0.1, -0.05) is 11.6 Å². The first-order valence-electron chi connectivity index (χ1n) is 8.90. The maximum Gasteiger partial charge on any atom is 0.319 e. The minimum absolute atomic E-state index is 0.164. The number of halogens is 1. The molecule has 8 heteroatoms. The van der Waals surface area contributed by atoms with Gasteiger partial charge in [0.1, 0.15) is 5.75 Å². The fourth-order valence-electron chi connectivity index (χ4n) is 3.19. The summed E-state index contributed by atoms with van der Waals surface area (Å²) >= 11 is 7.71. The zero-order chi connectivity index (χ0) is 19.2. The summed E-state index contributed by atoms with van der Waals surface area (Å²) < 4.78 is 5.28. The molecule has 1 aromatic carbocycles.